The molecule has 0 saturated heterocycles. The molecule has 1 heterocycles. The third-order valence-electron chi connectivity index (χ3n) is 3.58. The second kappa shape index (κ2) is 6.87. The number of benzene rings is 2. The summed E-state index contributed by atoms with van der Waals surface area (Å²) in [7, 11) is 3.21. The lowest BCUT2D eigenvalue weighted by Crippen LogP contribution is -2.17. The number of methoxy groups -OCH3 is 2. The van der Waals surface area contributed by atoms with Crippen molar-refractivity contribution in [3.63, 3.8) is 0 Å². The molecule has 0 radical (unpaired) electrons. The predicted octanol–water partition coefficient (Wildman–Crippen LogP) is 2.95. The Morgan fingerprint density at radius 1 is 1.12 bits per heavy atom. The van der Waals surface area contributed by atoms with Crippen LogP contribution in [0.15, 0.2) is 53.6 Å². The largest absolute Gasteiger partial charge is 0.497 e. The Labute approximate surface area is 139 Å². The number of carbonyl (C=O) groups is 1. The SMILES string of the molecule is COc1ccc(/C=N/NC(=O)c2cc3c(OC)cccc3[nH]2)cc1. The first kappa shape index (κ1) is 15.6. The van der Waals surface area contributed by atoms with Crippen molar-refractivity contribution in [1.29, 1.82) is 0 Å². The minimum absolute atomic E-state index is 0.321. The highest BCUT2D eigenvalue weighted by Crippen LogP contribution is 2.25. The molecule has 0 bridgehead atoms. The topological polar surface area (TPSA) is 75.7 Å². The molecule has 122 valence electrons. The van der Waals surface area contributed by atoms with E-state index in [9.17, 15) is 4.79 Å². The molecule has 1 amide bonds. The number of ether oxygens (including phenoxy) is 2. The Morgan fingerprint density at radius 3 is 2.62 bits per heavy atom. The van der Waals surface area contributed by atoms with Gasteiger partial charge in [0.05, 0.1) is 20.4 Å². The number of hydrogen-bond acceptors (Lipinski definition) is 4. The van der Waals surface area contributed by atoms with E-state index in [-0.39, 0.29) is 5.91 Å². The van der Waals surface area contributed by atoms with E-state index in [2.05, 4.69) is 15.5 Å². The highest BCUT2D eigenvalue weighted by Gasteiger charge is 2.11. The Bertz CT molecular complexity index is 882. The summed E-state index contributed by atoms with van der Waals surface area (Å²) in [5.74, 6) is 1.16. The lowest BCUT2D eigenvalue weighted by molar-refractivity contribution is 0.0951. The molecule has 0 spiro atoms. The van der Waals surface area contributed by atoms with Crippen molar-refractivity contribution in [2.45, 2.75) is 0 Å². The Kier molecular flexibility index (Phi) is 4.47. The van der Waals surface area contributed by atoms with E-state index in [4.69, 9.17) is 9.47 Å². The lowest BCUT2D eigenvalue weighted by atomic mass is 10.2. The Balaban J connectivity index is 1.71. The van der Waals surface area contributed by atoms with Gasteiger partial charge in [-0.15, -0.1) is 0 Å². The summed E-state index contributed by atoms with van der Waals surface area (Å²) in [6, 6.07) is 14.7. The number of nitrogens with one attached hydrogen (secondary N) is 2. The van der Waals surface area contributed by atoms with E-state index in [1.165, 1.54) is 0 Å². The number of aromatic amines is 1. The van der Waals surface area contributed by atoms with Gasteiger partial charge >= 0.3 is 0 Å². The number of hydrazone groups is 1. The molecule has 6 nitrogen and oxygen atoms in total. The molecular formula is C18H17N3O3. The van der Waals surface area contributed by atoms with E-state index < -0.39 is 0 Å². The van der Waals surface area contributed by atoms with Gasteiger partial charge in [-0.3, -0.25) is 4.79 Å². The van der Waals surface area contributed by atoms with Crippen molar-refractivity contribution in [1.82, 2.24) is 10.4 Å². The van der Waals surface area contributed by atoms with Crippen LogP contribution in [0.5, 0.6) is 11.5 Å². The standard InChI is InChI=1S/C18H17N3O3/c1-23-13-8-6-12(7-9-13)11-19-21-18(22)16-10-14-15(20-16)4-3-5-17(14)24-2/h3-11,20H,1-2H3,(H,21,22)/b19-11+. The highest BCUT2D eigenvalue weighted by atomic mass is 16.5. The molecule has 0 saturated carbocycles. The van der Waals surface area contributed by atoms with Crippen LogP contribution in [-0.2, 0) is 0 Å². The monoisotopic (exact) mass is 323 g/mol. The number of fused-ring (bicyclic) bond motifs is 1. The molecule has 0 fully saturated rings. The van der Waals surface area contributed by atoms with Gasteiger partial charge in [-0.25, -0.2) is 5.43 Å². The summed E-state index contributed by atoms with van der Waals surface area (Å²) in [6.07, 6.45) is 1.57. The first-order valence-corrected chi connectivity index (χ1v) is 7.34. The predicted molar refractivity (Wildman–Crippen MR) is 92.9 cm³/mol. The maximum Gasteiger partial charge on any atom is 0.287 e. The minimum atomic E-state index is -0.321. The van der Waals surface area contributed by atoms with Crippen molar-refractivity contribution in [3.8, 4) is 11.5 Å². The van der Waals surface area contributed by atoms with Crippen LogP contribution in [0.25, 0.3) is 10.9 Å². The second-order valence-electron chi connectivity index (χ2n) is 5.08. The molecule has 3 rings (SSSR count). The van der Waals surface area contributed by atoms with E-state index >= 15 is 0 Å². The molecule has 0 aliphatic heterocycles. The smallest absolute Gasteiger partial charge is 0.287 e. The van der Waals surface area contributed by atoms with Gasteiger partial charge in [0.2, 0.25) is 0 Å². The molecule has 0 aliphatic rings. The summed E-state index contributed by atoms with van der Waals surface area (Å²) in [5, 5.41) is 4.82. The van der Waals surface area contributed by atoms with Crippen LogP contribution in [0.1, 0.15) is 16.1 Å². The molecule has 2 N–H and O–H groups in total. The third kappa shape index (κ3) is 3.22. The van der Waals surface area contributed by atoms with Crippen LogP contribution >= 0.6 is 0 Å². The third-order valence-corrected chi connectivity index (χ3v) is 3.58. The van der Waals surface area contributed by atoms with E-state index in [0.29, 0.717) is 11.4 Å². The average Bonchev–Trinajstić information content (AvgIpc) is 3.06. The first-order valence-electron chi connectivity index (χ1n) is 7.34. The summed E-state index contributed by atoms with van der Waals surface area (Å²) in [6.45, 7) is 0. The fourth-order valence-corrected chi connectivity index (χ4v) is 2.34. The van der Waals surface area contributed by atoms with Gasteiger partial charge in [0.25, 0.3) is 5.91 Å². The van der Waals surface area contributed by atoms with E-state index in [1.54, 1.807) is 26.5 Å². The van der Waals surface area contributed by atoms with E-state index in [0.717, 1.165) is 22.2 Å². The number of H-pyrrole nitrogens is 1. The van der Waals surface area contributed by atoms with Crippen molar-refractivity contribution in [2.24, 2.45) is 5.10 Å². The first-order chi connectivity index (χ1) is 11.7. The van der Waals surface area contributed by atoms with Crippen LogP contribution in [-0.4, -0.2) is 31.3 Å². The molecule has 0 aliphatic carbocycles. The zero-order valence-corrected chi connectivity index (χ0v) is 13.4. The average molecular weight is 323 g/mol. The van der Waals surface area contributed by atoms with Gasteiger partial charge in [-0.2, -0.15) is 5.10 Å². The van der Waals surface area contributed by atoms with Gasteiger partial charge in [0, 0.05) is 10.9 Å². The molecule has 2 aromatic carbocycles. The van der Waals surface area contributed by atoms with Gasteiger partial charge in [0.15, 0.2) is 0 Å². The number of nitrogens with zero attached hydrogens (tertiary/aromatic N) is 1. The Hall–Kier alpha value is -3.28. The Morgan fingerprint density at radius 2 is 1.92 bits per heavy atom. The number of carbonyl (C=O) groups excluding carboxylic acids is 1. The van der Waals surface area contributed by atoms with Gasteiger partial charge in [0.1, 0.15) is 17.2 Å². The molecule has 24 heavy (non-hydrogen) atoms. The molecule has 1 aromatic heterocycles. The molecule has 0 unspecified atom stereocenters. The van der Waals surface area contributed by atoms with Crippen LogP contribution in [0, 0.1) is 0 Å². The fraction of sp³-hybridized carbons (Fsp3) is 0.111. The summed E-state index contributed by atoms with van der Waals surface area (Å²) in [4.78, 5) is 15.2. The maximum atomic E-state index is 12.2. The van der Waals surface area contributed by atoms with Crippen molar-refractivity contribution in [3.05, 3.63) is 59.8 Å². The van der Waals surface area contributed by atoms with Crippen LogP contribution < -0.4 is 14.9 Å². The quantitative estimate of drug-likeness (QED) is 0.560. The number of hydrogen-bond donors (Lipinski definition) is 2. The van der Waals surface area contributed by atoms with Crippen LogP contribution in [0.4, 0.5) is 0 Å². The number of aromatic nitrogens is 1. The van der Waals surface area contributed by atoms with Gasteiger partial charge in [-0.1, -0.05) is 6.07 Å². The second-order valence-corrected chi connectivity index (χ2v) is 5.08. The summed E-state index contributed by atoms with van der Waals surface area (Å²) >= 11 is 0. The normalized spacial score (nSPS) is 10.9. The van der Waals surface area contributed by atoms with Crippen LogP contribution in [0.2, 0.25) is 0 Å². The zero-order valence-electron chi connectivity index (χ0n) is 13.4. The lowest BCUT2D eigenvalue weighted by Gasteiger charge is -1.99. The zero-order chi connectivity index (χ0) is 16.9. The number of amides is 1. The summed E-state index contributed by atoms with van der Waals surface area (Å²) in [5.41, 5.74) is 4.61. The number of rotatable bonds is 5. The molecule has 6 heteroatoms. The molecule has 3 aromatic rings. The van der Waals surface area contributed by atoms with Gasteiger partial charge in [-0.05, 0) is 48.0 Å². The maximum absolute atomic E-state index is 12.2. The molecular weight excluding hydrogens is 306 g/mol. The molecule has 0 atom stereocenters. The van der Waals surface area contributed by atoms with E-state index in [1.807, 2.05) is 42.5 Å². The van der Waals surface area contributed by atoms with Crippen LogP contribution in [0.3, 0.4) is 0 Å². The van der Waals surface area contributed by atoms with Crippen molar-refractivity contribution in [2.75, 3.05) is 14.2 Å². The van der Waals surface area contributed by atoms with Crippen molar-refractivity contribution < 1.29 is 14.3 Å². The highest BCUT2D eigenvalue weighted by molar-refractivity contribution is 6.00. The van der Waals surface area contributed by atoms with Crippen molar-refractivity contribution >= 4 is 23.0 Å². The fourth-order valence-electron chi connectivity index (χ4n) is 2.34. The summed E-state index contributed by atoms with van der Waals surface area (Å²) < 4.78 is 10.4. The minimum Gasteiger partial charge on any atom is -0.497 e. The van der Waals surface area contributed by atoms with Gasteiger partial charge < -0.3 is 14.5 Å².